The van der Waals surface area contributed by atoms with Crippen LogP contribution in [0.3, 0.4) is 0 Å². The molecule has 1 nitrogen and oxygen atoms in total. The molecule has 0 bridgehead atoms. The van der Waals surface area contributed by atoms with Gasteiger partial charge in [-0.25, -0.2) is 4.39 Å². The van der Waals surface area contributed by atoms with Crippen molar-refractivity contribution in [1.82, 2.24) is 0 Å². The van der Waals surface area contributed by atoms with Gasteiger partial charge in [-0.3, -0.25) is 0 Å². The van der Waals surface area contributed by atoms with Gasteiger partial charge in [0.1, 0.15) is 5.76 Å². The lowest BCUT2D eigenvalue weighted by Crippen LogP contribution is -2.05. The van der Waals surface area contributed by atoms with Gasteiger partial charge in [-0.15, -0.1) is 0 Å². The molecule has 5 heteroatoms. The van der Waals surface area contributed by atoms with Crippen molar-refractivity contribution >= 4 is 11.0 Å². The Kier molecular flexibility index (Phi) is 1.99. The number of alkyl halides is 3. The van der Waals surface area contributed by atoms with Crippen LogP contribution in [-0.2, 0) is 6.18 Å². The first-order valence-corrected chi connectivity index (χ1v) is 4.15. The van der Waals surface area contributed by atoms with E-state index in [-0.39, 0.29) is 16.7 Å². The van der Waals surface area contributed by atoms with Crippen LogP contribution in [-0.4, -0.2) is 0 Å². The molecule has 2 aromatic rings. The highest BCUT2D eigenvalue weighted by Gasteiger charge is 2.33. The first kappa shape index (κ1) is 10.0. The topological polar surface area (TPSA) is 13.1 Å². The van der Waals surface area contributed by atoms with Gasteiger partial charge in [-0.1, -0.05) is 0 Å². The number of rotatable bonds is 0. The Labute approximate surface area is 82.3 Å². The van der Waals surface area contributed by atoms with E-state index in [9.17, 15) is 17.6 Å². The Morgan fingerprint density at radius 3 is 2.47 bits per heavy atom. The maximum absolute atomic E-state index is 13.1. The van der Waals surface area contributed by atoms with Crippen molar-refractivity contribution < 1.29 is 22.0 Å². The molecule has 0 atom stereocenters. The van der Waals surface area contributed by atoms with Crippen LogP contribution < -0.4 is 0 Å². The predicted molar refractivity (Wildman–Crippen MR) is 45.9 cm³/mol. The lowest BCUT2D eigenvalue weighted by Gasteiger charge is -2.06. The number of hydrogen-bond donors (Lipinski definition) is 0. The molecule has 0 fully saturated rings. The molecule has 80 valence electrons. The summed E-state index contributed by atoms with van der Waals surface area (Å²) in [7, 11) is 0. The third-order valence-corrected chi connectivity index (χ3v) is 2.06. The molecule has 0 radical (unpaired) electrons. The highest BCUT2D eigenvalue weighted by molar-refractivity contribution is 5.82. The van der Waals surface area contributed by atoms with Crippen molar-refractivity contribution in [3.63, 3.8) is 0 Å². The van der Waals surface area contributed by atoms with E-state index < -0.39 is 17.6 Å². The summed E-state index contributed by atoms with van der Waals surface area (Å²) in [5.74, 6) is -0.535. The standard InChI is InChI=1S/C10H6F4O/c1-5-4-6-7(10(12,13)14)2-3-8(11)9(6)15-5/h2-4H,1H3. The predicted octanol–water partition coefficient (Wildman–Crippen LogP) is 3.90. The van der Waals surface area contributed by atoms with Crippen molar-refractivity contribution in [2.24, 2.45) is 0 Å². The average Bonchev–Trinajstić information content (AvgIpc) is 2.45. The van der Waals surface area contributed by atoms with Crippen molar-refractivity contribution in [1.29, 1.82) is 0 Å². The van der Waals surface area contributed by atoms with Crippen LogP contribution in [0.25, 0.3) is 11.0 Å². The molecule has 0 aliphatic carbocycles. The Morgan fingerprint density at radius 2 is 1.87 bits per heavy atom. The largest absolute Gasteiger partial charge is 0.458 e. The smallest absolute Gasteiger partial charge is 0.417 e. The molecule has 0 aliphatic heterocycles. The zero-order chi connectivity index (χ0) is 11.2. The van der Waals surface area contributed by atoms with Gasteiger partial charge in [-0.2, -0.15) is 13.2 Å². The molecule has 0 amide bonds. The van der Waals surface area contributed by atoms with E-state index in [1.165, 1.54) is 13.0 Å². The Bertz CT molecular complexity index is 510. The second kappa shape index (κ2) is 2.98. The van der Waals surface area contributed by atoms with Crippen molar-refractivity contribution in [3.8, 4) is 0 Å². The quantitative estimate of drug-likeness (QED) is 0.611. The zero-order valence-electron chi connectivity index (χ0n) is 7.65. The summed E-state index contributed by atoms with van der Waals surface area (Å²) in [5, 5.41) is -0.236. The Morgan fingerprint density at radius 1 is 1.20 bits per heavy atom. The second-order valence-electron chi connectivity index (χ2n) is 3.19. The number of halogens is 4. The van der Waals surface area contributed by atoms with Crippen molar-refractivity contribution in [2.75, 3.05) is 0 Å². The molecule has 1 aromatic carbocycles. The van der Waals surface area contributed by atoms with E-state index >= 15 is 0 Å². The van der Waals surface area contributed by atoms with Gasteiger partial charge in [0.15, 0.2) is 11.4 Å². The van der Waals surface area contributed by atoms with E-state index in [1.54, 1.807) is 0 Å². The summed E-state index contributed by atoms with van der Waals surface area (Å²) >= 11 is 0. The fourth-order valence-corrected chi connectivity index (χ4v) is 1.46. The van der Waals surface area contributed by atoms with Gasteiger partial charge in [0.05, 0.1) is 5.56 Å². The Balaban J connectivity index is 2.83. The van der Waals surface area contributed by atoms with E-state index in [0.29, 0.717) is 6.07 Å². The minimum Gasteiger partial charge on any atom is -0.458 e. The van der Waals surface area contributed by atoms with Gasteiger partial charge in [-0.05, 0) is 25.1 Å². The first-order valence-electron chi connectivity index (χ1n) is 4.15. The summed E-state index contributed by atoms with van der Waals surface area (Å²) in [4.78, 5) is 0. The van der Waals surface area contributed by atoms with Gasteiger partial charge in [0.2, 0.25) is 0 Å². The molecular weight excluding hydrogens is 212 g/mol. The normalized spacial score (nSPS) is 12.3. The third kappa shape index (κ3) is 1.58. The minimum absolute atomic E-state index is 0.236. The fraction of sp³-hybridized carbons (Fsp3) is 0.200. The zero-order valence-corrected chi connectivity index (χ0v) is 7.65. The summed E-state index contributed by atoms with van der Waals surface area (Å²) in [6, 6.07) is 2.65. The van der Waals surface area contributed by atoms with Crippen molar-refractivity contribution in [3.05, 3.63) is 35.3 Å². The van der Waals surface area contributed by atoms with Crippen LogP contribution in [0.4, 0.5) is 17.6 Å². The molecular formula is C10H6F4O. The van der Waals surface area contributed by atoms with Crippen LogP contribution in [0.2, 0.25) is 0 Å². The minimum atomic E-state index is -4.50. The highest BCUT2D eigenvalue weighted by atomic mass is 19.4. The summed E-state index contributed by atoms with van der Waals surface area (Å²) < 4.78 is 55.5. The van der Waals surface area contributed by atoms with Crippen LogP contribution in [0.15, 0.2) is 22.6 Å². The van der Waals surface area contributed by atoms with E-state index in [0.717, 1.165) is 6.07 Å². The van der Waals surface area contributed by atoms with Crippen LogP contribution in [0.1, 0.15) is 11.3 Å². The van der Waals surface area contributed by atoms with Gasteiger partial charge in [0, 0.05) is 5.39 Å². The molecule has 0 N–H and O–H groups in total. The first-order chi connectivity index (χ1) is 6.89. The molecule has 0 unspecified atom stereocenters. The van der Waals surface area contributed by atoms with Crippen LogP contribution >= 0.6 is 0 Å². The SMILES string of the molecule is Cc1cc2c(C(F)(F)F)ccc(F)c2o1. The maximum Gasteiger partial charge on any atom is 0.417 e. The number of benzene rings is 1. The highest BCUT2D eigenvalue weighted by Crippen LogP contribution is 2.36. The molecule has 0 saturated carbocycles. The molecule has 15 heavy (non-hydrogen) atoms. The van der Waals surface area contributed by atoms with Gasteiger partial charge >= 0.3 is 6.18 Å². The number of furan rings is 1. The lowest BCUT2D eigenvalue weighted by atomic mass is 10.1. The maximum atomic E-state index is 13.1. The van der Waals surface area contributed by atoms with E-state index in [4.69, 9.17) is 4.42 Å². The summed E-state index contributed by atoms with van der Waals surface area (Å²) in [6.07, 6.45) is -4.50. The van der Waals surface area contributed by atoms with Crippen LogP contribution in [0, 0.1) is 12.7 Å². The van der Waals surface area contributed by atoms with Crippen LogP contribution in [0.5, 0.6) is 0 Å². The third-order valence-electron chi connectivity index (χ3n) is 2.06. The number of hydrogen-bond acceptors (Lipinski definition) is 1. The number of aryl methyl sites for hydroxylation is 1. The van der Waals surface area contributed by atoms with Gasteiger partial charge in [0.25, 0.3) is 0 Å². The number of fused-ring (bicyclic) bond motifs is 1. The second-order valence-corrected chi connectivity index (χ2v) is 3.19. The lowest BCUT2D eigenvalue weighted by molar-refractivity contribution is -0.136. The van der Waals surface area contributed by atoms with Crippen molar-refractivity contribution in [2.45, 2.75) is 13.1 Å². The Hall–Kier alpha value is -1.52. The van der Waals surface area contributed by atoms with E-state index in [2.05, 4.69) is 0 Å². The average molecular weight is 218 g/mol. The molecule has 0 spiro atoms. The molecule has 1 aromatic heterocycles. The molecule has 2 rings (SSSR count). The fourth-order valence-electron chi connectivity index (χ4n) is 1.46. The molecule has 0 aliphatic rings. The summed E-state index contributed by atoms with van der Waals surface area (Å²) in [6.45, 7) is 1.47. The van der Waals surface area contributed by atoms with E-state index in [1.807, 2.05) is 0 Å². The molecule has 0 saturated heterocycles. The summed E-state index contributed by atoms with van der Waals surface area (Å²) in [5.41, 5.74) is -1.22. The molecule has 1 heterocycles. The monoisotopic (exact) mass is 218 g/mol. The van der Waals surface area contributed by atoms with Gasteiger partial charge < -0.3 is 4.42 Å².